The molecule has 0 aliphatic heterocycles. The monoisotopic (exact) mass is 489 g/mol. The molecule has 0 bridgehead atoms. The van der Waals surface area contributed by atoms with Crippen LogP contribution >= 0.6 is 23.2 Å². The van der Waals surface area contributed by atoms with Gasteiger partial charge >= 0.3 is 0 Å². The first-order valence-electron chi connectivity index (χ1n) is 9.47. The Bertz CT molecular complexity index is 1270. The molecule has 9 heteroatoms. The zero-order chi connectivity index (χ0) is 23.5. The molecule has 1 amide bonds. The van der Waals surface area contributed by atoms with Gasteiger partial charge in [0.05, 0.1) is 10.6 Å². The third-order valence-electron chi connectivity index (χ3n) is 4.48. The Labute approximate surface area is 197 Å². The maximum Gasteiger partial charge on any atom is 0.261 e. The minimum atomic E-state index is -3.75. The van der Waals surface area contributed by atoms with Crippen molar-refractivity contribution in [2.75, 3.05) is 10.0 Å². The molecule has 3 aromatic carbocycles. The van der Waals surface area contributed by atoms with Gasteiger partial charge in [-0.3, -0.25) is 9.52 Å². The SMILES string of the molecule is C=C(NC(=O)c1cc(Cl)cc(Cl)c1)Nc1ccc(S(=O)(=O)Nc2ccc(C)cc2C)cc1. The maximum atomic E-state index is 12.7. The second-order valence-electron chi connectivity index (χ2n) is 7.16. The number of nitrogens with one attached hydrogen (secondary N) is 3. The normalized spacial score (nSPS) is 11.0. The molecule has 3 aromatic rings. The highest BCUT2D eigenvalue weighted by molar-refractivity contribution is 7.92. The second-order valence-corrected chi connectivity index (χ2v) is 9.72. The van der Waals surface area contributed by atoms with Gasteiger partial charge in [-0.15, -0.1) is 0 Å². The molecule has 0 saturated heterocycles. The van der Waals surface area contributed by atoms with Crippen molar-refractivity contribution in [3.05, 3.63) is 99.8 Å². The average molecular weight is 490 g/mol. The molecular formula is C23H21Cl2N3O3S. The standard InChI is InChI=1S/C23H21Cl2N3O3S/c1-14-4-9-22(15(2)10-14)28-32(30,31)21-7-5-20(6-8-21)26-16(3)27-23(29)17-11-18(24)13-19(25)12-17/h4-13,26,28H,3H2,1-2H3,(H,27,29). The van der Waals surface area contributed by atoms with Crippen LogP contribution in [0.1, 0.15) is 21.5 Å². The molecule has 0 radical (unpaired) electrons. The molecule has 32 heavy (non-hydrogen) atoms. The van der Waals surface area contributed by atoms with Crippen LogP contribution in [0.15, 0.2) is 78.0 Å². The van der Waals surface area contributed by atoms with E-state index in [0.29, 0.717) is 21.4 Å². The van der Waals surface area contributed by atoms with Crippen molar-refractivity contribution in [2.24, 2.45) is 0 Å². The molecule has 0 heterocycles. The van der Waals surface area contributed by atoms with Gasteiger partial charge in [-0.2, -0.15) is 0 Å². The number of anilines is 2. The van der Waals surface area contributed by atoms with Crippen molar-refractivity contribution >= 4 is 50.5 Å². The summed E-state index contributed by atoms with van der Waals surface area (Å²) in [6.45, 7) is 7.55. The highest BCUT2D eigenvalue weighted by atomic mass is 35.5. The number of amides is 1. The van der Waals surface area contributed by atoms with Crippen molar-refractivity contribution in [1.82, 2.24) is 5.32 Å². The first-order chi connectivity index (χ1) is 15.0. The van der Waals surface area contributed by atoms with Crippen molar-refractivity contribution < 1.29 is 13.2 Å². The van der Waals surface area contributed by atoms with Crippen LogP contribution in [0.4, 0.5) is 11.4 Å². The van der Waals surface area contributed by atoms with E-state index in [1.807, 2.05) is 26.0 Å². The molecule has 0 aliphatic rings. The predicted octanol–water partition coefficient (Wildman–Crippen LogP) is 5.72. The molecule has 0 aromatic heterocycles. The fourth-order valence-corrected chi connectivity index (χ4v) is 4.61. The topological polar surface area (TPSA) is 87.3 Å². The van der Waals surface area contributed by atoms with Gasteiger partial charge in [-0.1, -0.05) is 47.5 Å². The molecule has 3 rings (SSSR count). The summed E-state index contributed by atoms with van der Waals surface area (Å²) in [5.74, 6) is -0.237. The van der Waals surface area contributed by atoms with Gasteiger partial charge in [0.15, 0.2) is 0 Å². The van der Waals surface area contributed by atoms with Crippen molar-refractivity contribution in [1.29, 1.82) is 0 Å². The largest absolute Gasteiger partial charge is 0.342 e. The molecule has 0 aliphatic carbocycles. The lowest BCUT2D eigenvalue weighted by molar-refractivity contribution is 0.0966. The lowest BCUT2D eigenvalue weighted by Gasteiger charge is -2.13. The van der Waals surface area contributed by atoms with Crippen LogP contribution in [-0.4, -0.2) is 14.3 Å². The van der Waals surface area contributed by atoms with Gasteiger partial charge < -0.3 is 10.6 Å². The summed E-state index contributed by atoms with van der Waals surface area (Å²) in [4.78, 5) is 12.4. The fourth-order valence-electron chi connectivity index (χ4n) is 2.95. The van der Waals surface area contributed by atoms with Crippen LogP contribution in [0.25, 0.3) is 0 Å². The zero-order valence-corrected chi connectivity index (χ0v) is 19.7. The molecule has 6 nitrogen and oxygen atoms in total. The fraction of sp³-hybridized carbons (Fsp3) is 0.0870. The van der Waals surface area contributed by atoms with E-state index in [0.717, 1.165) is 11.1 Å². The van der Waals surface area contributed by atoms with E-state index in [1.165, 1.54) is 30.3 Å². The predicted molar refractivity (Wildman–Crippen MR) is 130 cm³/mol. The Hall–Kier alpha value is -3.00. The van der Waals surface area contributed by atoms with Crippen LogP contribution in [0.3, 0.4) is 0 Å². The Morgan fingerprint density at radius 2 is 1.53 bits per heavy atom. The Balaban J connectivity index is 1.65. The van der Waals surface area contributed by atoms with Gasteiger partial charge in [0.1, 0.15) is 5.82 Å². The molecule has 0 unspecified atom stereocenters. The third-order valence-corrected chi connectivity index (χ3v) is 6.29. The molecule has 0 atom stereocenters. The second kappa shape index (κ2) is 9.65. The molecule has 166 valence electrons. The van der Waals surface area contributed by atoms with Gasteiger partial charge in [0.2, 0.25) is 0 Å². The minimum absolute atomic E-state index is 0.103. The lowest BCUT2D eigenvalue weighted by atomic mass is 10.1. The summed E-state index contributed by atoms with van der Waals surface area (Å²) < 4.78 is 28.0. The summed E-state index contributed by atoms with van der Waals surface area (Å²) >= 11 is 11.8. The number of carbonyl (C=O) groups is 1. The van der Waals surface area contributed by atoms with Crippen molar-refractivity contribution in [3.63, 3.8) is 0 Å². The number of carbonyl (C=O) groups excluding carboxylic acids is 1. The van der Waals surface area contributed by atoms with Crippen molar-refractivity contribution in [2.45, 2.75) is 18.7 Å². The smallest absolute Gasteiger partial charge is 0.261 e. The number of hydrogen-bond acceptors (Lipinski definition) is 4. The number of halogens is 2. The number of benzene rings is 3. The van der Waals surface area contributed by atoms with Gasteiger partial charge in [0.25, 0.3) is 15.9 Å². The first kappa shape index (κ1) is 23.7. The highest BCUT2D eigenvalue weighted by Crippen LogP contribution is 2.22. The zero-order valence-electron chi connectivity index (χ0n) is 17.4. The van der Waals surface area contributed by atoms with E-state index in [1.54, 1.807) is 18.2 Å². The average Bonchev–Trinajstić information content (AvgIpc) is 2.69. The summed E-state index contributed by atoms with van der Waals surface area (Å²) in [6, 6.07) is 16.0. The minimum Gasteiger partial charge on any atom is -0.342 e. The molecular weight excluding hydrogens is 469 g/mol. The van der Waals surface area contributed by atoms with Gasteiger partial charge in [-0.05, 0) is 67.9 Å². The van der Waals surface area contributed by atoms with E-state index in [2.05, 4.69) is 21.9 Å². The summed E-state index contributed by atoms with van der Waals surface area (Å²) in [6.07, 6.45) is 0. The van der Waals surface area contributed by atoms with E-state index in [-0.39, 0.29) is 16.3 Å². The van der Waals surface area contributed by atoms with Crippen LogP contribution in [-0.2, 0) is 10.0 Å². The quantitative estimate of drug-likeness (QED) is 0.395. The Morgan fingerprint density at radius 1 is 0.906 bits per heavy atom. The van der Waals surface area contributed by atoms with E-state index < -0.39 is 15.9 Å². The van der Waals surface area contributed by atoms with E-state index in [4.69, 9.17) is 23.2 Å². The van der Waals surface area contributed by atoms with Crippen LogP contribution < -0.4 is 15.4 Å². The number of aryl methyl sites for hydroxylation is 2. The number of hydrogen-bond donors (Lipinski definition) is 3. The summed E-state index contributed by atoms with van der Waals surface area (Å²) in [5, 5.41) is 6.18. The summed E-state index contributed by atoms with van der Waals surface area (Å²) in [7, 11) is -3.75. The third kappa shape index (κ3) is 6.03. The Morgan fingerprint density at radius 3 is 2.12 bits per heavy atom. The Kier molecular flexibility index (Phi) is 7.13. The van der Waals surface area contributed by atoms with Gasteiger partial charge in [-0.25, -0.2) is 8.42 Å². The molecule has 3 N–H and O–H groups in total. The van der Waals surface area contributed by atoms with E-state index >= 15 is 0 Å². The molecule has 0 saturated carbocycles. The van der Waals surface area contributed by atoms with Crippen LogP contribution in [0, 0.1) is 13.8 Å². The van der Waals surface area contributed by atoms with Crippen LogP contribution in [0.2, 0.25) is 10.0 Å². The van der Waals surface area contributed by atoms with E-state index in [9.17, 15) is 13.2 Å². The lowest BCUT2D eigenvalue weighted by Crippen LogP contribution is -2.26. The highest BCUT2D eigenvalue weighted by Gasteiger charge is 2.15. The molecule has 0 fully saturated rings. The van der Waals surface area contributed by atoms with Crippen LogP contribution in [0.5, 0.6) is 0 Å². The summed E-state index contributed by atoms with van der Waals surface area (Å²) in [5.41, 5.74) is 3.23. The van der Waals surface area contributed by atoms with Gasteiger partial charge in [0, 0.05) is 21.3 Å². The van der Waals surface area contributed by atoms with Crippen molar-refractivity contribution in [3.8, 4) is 0 Å². The molecule has 0 spiro atoms. The number of rotatable bonds is 7. The first-order valence-corrected chi connectivity index (χ1v) is 11.7. The maximum absolute atomic E-state index is 12.7. The number of sulfonamides is 1.